The number of nitrogens with two attached hydrogens (primary N) is 1. The third-order valence-electron chi connectivity index (χ3n) is 4.78. The fourth-order valence-corrected chi connectivity index (χ4v) is 4.04. The number of nitrogen functional groups attached to an aromatic ring is 1. The molecule has 32 heavy (non-hydrogen) atoms. The zero-order valence-corrected chi connectivity index (χ0v) is 18.6. The number of hydrogen-bond acceptors (Lipinski definition) is 7. The molecule has 2 heterocycles. The van der Waals surface area contributed by atoms with E-state index < -0.39 is 0 Å². The van der Waals surface area contributed by atoms with E-state index in [1.54, 1.807) is 24.4 Å². The van der Waals surface area contributed by atoms with Gasteiger partial charge in [-0.25, -0.2) is 9.97 Å². The Labute approximate surface area is 191 Å². The molecule has 0 aliphatic heterocycles. The summed E-state index contributed by atoms with van der Waals surface area (Å²) in [5, 5.41) is 22.7. The molecule has 0 bridgehead atoms. The number of carbonyl (C=O) groups is 1. The first-order chi connectivity index (χ1) is 15.4. The highest BCUT2D eigenvalue weighted by Gasteiger charge is 2.21. The zero-order chi connectivity index (χ0) is 23.1. The second-order valence-electron chi connectivity index (χ2n) is 7.29. The van der Waals surface area contributed by atoms with Gasteiger partial charge in [-0.05, 0) is 29.2 Å². The van der Waals surface area contributed by atoms with Crippen LogP contribution in [0.3, 0.4) is 0 Å². The van der Waals surface area contributed by atoms with Gasteiger partial charge in [-0.3, -0.25) is 4.79 Å². The molecule has 1 amide bonds. The van der Waals surface area contributed by atoms with E-state index in [1.807, 2.05) is 24.3 Å². The SMILES string of the molecule is CC(C)c1ccc(-c2c(C#N)c(N)nc(SCCC(=O)Nc3ccccn3)c2C#N)cc1. The predicted molar refractivity (Wildman–Crippen MR) is 126 cm³/mol. The largest absolute Gasteiger partial charge is 0.383 e. The van der Waals surface area contributed by atoms with E-state index in [0.29, 0.717) is 28.1 Å². The summed E-state index contributed by atoms with van der Waals surface area (Å²) in [6.07, 6.45) is 1.80. The van der Waals surface area contributed by atoms with Gasteiger partial charge in [0, 0.05) is 23.9 Å². The Bertz CT molecular complexity index is 1190. The van der Waals surface area contributed by atoms with Crippen molar-refractivity contribution in [3.05, 3.63) is 65.4 Å². The number of pyridine rings is 2. The highest BCUT2D eigenvalue weighted by molar-refractivity contribution is 7.99. The minimum atomic E-state index is -0.194. The van der Waals surface area contributed by atoms with Crippen LogP contribution >= 0.6 is 11.8 Å². The van der Waals surface area contributed by atoms with Crippen molar-refractivity contribution in [1.29, 1.82) is 10.5 Å². The number of thioether (sulfide) groups is 1. The highest BCUT2D eigenvalue weighted by Crippen LogP contribution is 2.36. The lowest BCUT2D eigenvalue weighted by Crippen LogP contribution is -2.13. The van der Waals surface area contributed by atoms with E-state index in [9.17, 15) is 15.3 Å². The van der Waals surface area contributed by atoms with Gasteiger partial charge in [0.1, 0.15) is 34.4 Å². The summed E-state index contributed by atoms with van der Waals surface area (Å²) in [4.78, 5) is 20.5. The fourth-order valence-electron chi connectivity index (χ4n) is 3.11. The van der Waals surface area contributed by atoms with Gasteiger partial charge in [0.05, 0.1) is 5.56 Å². The lowest BCUT2D eigenvalue weighted by Gasteiger charge is -2.14. The molecule has 160 valence electrons. The maximum absolute atomic E-state index is 12.2. The van der Waals surface area contributed by atoms with Crippen molar-refractivity contribution < 1.29 is 4.79 Å². The molecule has 8 heteroatoms. The Morgan fingerprint density at radius 2 is 1.84 bits per heavy atom. The number of aromatic nitrogens is 2. The first-order valence-electron chi connectivity index (χ1n) is 10.0. The molecule has 0 fully saturated rings. The lowest BCUT2D eigenvalue weighted by molar-refractivity contribution is -0.115. The molecule has 1 aromatic carbocycles. The number of rotatable bonds is 7. The number of hydrogen-bond donors (Lipinski definition) is 2. The van der Waals surface area contributed by atoms with Crippen LogP contribution < -0.4 is 11.1 Å². The Morgan fingerprint density at radius 1 is 1.12 bits per heavy atom. The molecule has 3 aromatic rings. The van der Waals surface area contributed by atoms with E-state index >= 15 is 0 Å². The highest BCUT2D eigenvalue weighted by atomic mass is 32.2. The van der Waals surface area contributed by atoms with Crippen molar-refractivity contribution in [2.45, 2.75) is 31.2 Å². The minimum Gasteiger partial charge on any atom is -0.383 e. The van der Waals surface area contributed by atoms with Crippen LogP contribution in [0.1, 0.15) is 42.9 Å². The number of nitrogens with zero attached hydrogens (tertiary/aromatic N) is 4. The number of nitriles is 2. The molecule has 0 radical (unpaired) electrons. The molecule has 0 saturated carbocycles. The van der Waals surface area contributed by atoms with E-state index in [2.05, 4.69) is 41.3 Å². The van der Waals surface area contributed by atoms with Crippen LogP contribution in [0.15, 0.2) is 53.7 Å². The first kappa shape index (κ1) is 22.8. The third kappa shape index (κ3) is 5.23. The monoisotopic (exact) mass is 442 g/mol. The minimum absolute atomic E-state index is 0.0647. The van der Waals surface area contributed by atoms with Crippen LogP contribution in [0.5, 0.6) is 0 Å². The van der Waals surface area contributed by atoms with Crippen molar-refractivity contribution >= 4 is 29.3 Å². The van der Waals surface area contributed by atoms with E-state index in [1.165, 1.54) is 11.8 Å². The summed E-state index contributed by atoms with van der Waals surface area (Å²) >= 11 is 1.26. The van der Waals surface area contributed by atoms with E-state index in [-0.39, 0.29) is 29.3 Å². The third-order valence-corrected chi connectivity index (χ3v) is 5.76. The van der Waals surface area contributed by atoms with Crippen LogP contribution in [0.2, 0.25) is 0 Å². The second kappa shape index (κ2) is 10.4. The molecule has 2 aromatic heterocycles. The molecule has 3 N–H and O–H groups in total. The summed E-state index contributed by atoms with van der Waals surface area (Å²) in [5.74, 6) is 1.10. The van der Waals surface area contributed by atoms with Gasteiger partial charge in [0.15, 0.2) is 0 Å². The molecule has 3 rings (SSSR count). The Morgan fingerprint density at radius 3 is 2.44 bits per heavy atom. The first-order valence-corrected chi connectivity index (χ1v) is 11.0. The Balaban J connectivity index is 1.85. The molecular weight excluding hydrogens is 420 g/mol. The standard InChI is InChI=1S/C24H22N6OS/c1-15(2)16-6-8-17(9-7-16)22-18(13-25)23(27)30-24(19(22)14-26)32-12-10-21(31)29-20-5-3-4-11-28-20/h3-9,11,15H,10,12H2,1-2H3,(H2,27,30)(H,28,29,31). The number of benzene rings is 1. The molecule has 0 aliphatic rings. The maximum atomic E-state index is 12.2. The number of anilines is 2. The average molecular weight is 443 g/mol. The van der Waals surface area contributed by atoms with Crippen molar-refractivity contribution in [2.75, 3.05) is 16.8 Å². The quantitative estimate of drug-likeness (QED) is 0.507. The summed E-state index contributed by atoms with van der Waals surface area (Å²) in [6, 6.07) is 17.3. The summed E-state index contributed by atoms with van der Waals surface area (Å²) in [5.41, 5.74) is 8.87. The molecule has 7 nitrogen and oxygen atoms in total. The summed E-state index contributed by atoms with van der Waals surface area (Å²) in [6.45, 7) is 4.19. The summed E-state index contributed by atoms with van der Waals surface area (Å²) in [7, 11) is 0. The van der Waals surface area contributed by atoms with Gasteiger partial charge in [0.25, 0.3) is 0 Å². The molecular formula is C24H22N6OS. The zero-order valence-electron chi connectivity index (χ0n) is 17.8. The van der Waals surface area contributed by atoms with Crippen LogP contribution in [0, 0.1) is 22.7 Å². The van der Waals surface area contributed by atoms with Gasteiger partial charge in [0.2, 0.25) is 5.91 Å². The normalized spacial score (nSPS) is 10.4. The fraction of sp³-hybridized carbons (Fsp3) is 0.208. The average Bonchev–Trinajstić information content (AvgIpc) is 2.79. The lowest BCUT2D eigenvalue weighted by atomic mass is 9.94. The second-order valence-corrected chi connectivity index (χ2v) is 8.37. The van der Waals surface area contributed by atoms with Gasteiger partial charge < -0.3 is 11.1 Å². The van der Waals surface area contributed by atoms with Crippen molar-refractivity contribution in [1.82, 2.24) is 9.97 Å². The van der Waals surface area contributed by atoms with Crippen molar-refractivity contribution in [2.24, 2.45) is 0 Å². The van der Waals surface area contributed by atoms with Gasteiger partial charge in [-0.15, -0.1) is 11.8 Å². The van der Waals surface area contributed by atoms with Gasteiger partial charge in [-0.1, -0.05) is 44.2 Å². The van der Waals surface area contributed by atoms with Gasteiger partial charge >= 0.3 is 0 Å². The van der Waals surface area contributed by atoms with E-state index in [0.717, 1.165) is 11.1 Å². The molecule has 0 aliphatic carbocycles. The Hall–Kier alpha value is -3.88. The van der Waals surface area contributed by atoms with Crippen LogP contribution in [0.4, 0.5) is 11.6 Å². The van der Waals surface area contributed by atoms with Crippen molar-refractivity contribution in [3.63, 3.8) is 0 Å². The maximum Gasteiger partial charge on any atom is 0.226 e. The van der Waals surface area contributed by atoms with Crippen LogP contribution in [-0.4, -0.2) is 21.6 Å². The summed E-state index contributed by atoms with van der Waals surface area (Å²) < 4.78 is 0. The van der Waals surface area contributed by atoms with Crippen molar-refractivity contribution in [3.8, 4) is 23.3 Å². The molecule has 0 atom stereocenters. The smallest absolute Gasteiger partial charge is 0.226 e. The number of amides is 1. The molecule has 0 spiro atoms. The Kier molecular flexibility index (Phi) is 7.43. The van der Waals surface area contributed by atoms with Crippen LogP contribution in [0.25, 0.3) is 11.1 Å². The van der Waals surface area contributed by atoms with E-state index in [4.69, 9.17) is 5.73 Å². The molecule has 0 saturated heterocycles. The number of nitrogens with one attached hydrogen (secondary N) is 1. The number of carbonyl (C=O) groups excluding carboxylic acids is 1. The van der Waals surface area contributed by atoms with Gasteiger partial charge in [-0.2, -0.15) is 10.5 Å². The predicted octanol–water partition coefficient (Wildman–Crippen LogP) is 4.71. The van der Waals surface area contributed by atoms with Crippen LogP contribution in [-0.2, 0) is 4.79 Å². The topological polar surface area (TPSA) is 128 Å². The molecule has 0 unspecified atom stereocenters.